The van der Waals surface area contributed by atoms with E-state index in [1.165, 1.54) is 0 Å². The van der Waals surface area contributed by atoms with E-state index in [0.29, 0.717) is 12.8 Å². The first-order chi connectivity index (χ1) is 6.59. The standard InChI is InChI=1S/C8H9NO5/c10-6-8(7(11)14-6)4-2-1-3-5(8)9(12)13/h5H,1-4H2. The lowest BCUT2D eigenvalue weighted by molar-refractivity contribution is -0.542. The SMILES string of the molecule is O=C1OC(=O)C12CCCCC2[N+](=O)[O-]. The molecule has 2 aliphatic rings. The summed E-state index contributed by atoms with van der Waals surface area (Å²) in [6.45, 7) is 0. The van der Waals surface area contributed by atoms with Crippen LogP contribution < -0.4 is 0 Å². The Morgan fingerprint density at radius 2 is 2.00 bits per heavy atom. The van der Waals surface area contributed by atoms with Gasteiger partial charge in [-0.15, -0.1) is 0 Å². The lowest BCUT2D eigenvalue weighted by Crippen LogP contribution is -2.63. The maximum absolute atomic E-state index is 11.2. The third-order valence-electron chi connectivity index (χ3n) is 3.04. The molecular weight excluding hydrogens is 190 g/mol. The quantitative estimate of drug-likeness (QED) is 0.262. The molecule has 1 aliphatic carbocycles. The number of carbonyl (C=O) groups excluding carboxylic acids is 2. The van der Waals surface area contributed by atoms with Crippen molar-refractivity contribution < 1.29 is 19.2 Å². The van der Waals surface area contributed by atoms with Gasteiger partial charge in [-0.25, -0.2) is 0 Å². The zero-order valence-electron chi connectivity index (χ0n) is 7.39. The first-order valence-corrected chi connectivity index (χ1v) is 4.49. The molecule has 1 saturated heterocycles. The maximum Gasteiger partial charge on any atom is 0.338 e. The monoisotopic (exact) mass is 199 g/mol. The number of nitro groups is 1. The third-order valence-corrected chi connectivity index (χ3v) is 3.04. The molecule has 2 fully saturated rings. The van der Waals surface area contributed by atoms with Crippen molar-refractivity contribution in [3.05, 3.63) is 10.1 Å². The molecule has 1 heterocycles. The van der Waals surface area contributed by atoms with Gasteiger partial charge in [-0.05, 0) is 12.8 Å². The van der Waals surface area contributed by atoms with Crippen molar-refractivity contribution in [2.75, 3.05) is 0 Å². The van der Waals surface area contributed by atoms with Crippen molar-refractivity contribution in [1.82, 2.24) is 0 Å². The fourth-order valence-electron chi connectivity index (χ4n) is 2.22. The zero-order valence-corrected chi connectivity index (χ0v) is 7.39. The molecule has 6 heteroatoms. The van der Waals surface area contributed by atoms with Gasteiger partial charge in [0.1, 0.15) is 0 Å². The molecule has 0 bridgehead atoms. The molecule has 0 N–H and O–H groups in total. The summed E-state index contributed by atoms with van der Waals surface area (Å²) in [7, 11) is 0. The van der Waals surface area contributed by atoms with Gasteiger partial charge < -0.3 is 4.74 Å². The van der Waals surface area contributed by atoms with Gasteiger partial charge in [-0.3, -0.25) is 19.7 Å². The molecule has 0 aromatic rings. The number of carbonyl (C=O) groups is 2. The molecule has 0 aromatic heterocycles. The first-order valence-electron chi connectivity index (χ1n) is 4.49. The van der Waals surface area contributed by atoms with E-state index in [2.05, 4.69) is 4.74 Å². The van der Waals surface area contributed by atoms with Gasteiger partial charge in [0, 0.05) is 11.3 Å². The Kier molecular flexibility index (Phi) is 1.80. The van der Waals surface area contributed by atoms with Crippen LogP contribution in [-0.4, -0.2) is 22.9 Å². The molecule has 0 amide bonds. The van der Waals surface area contributed by atoms with Gasteiger partial charge >= 0.3 is 11.9 Å². The Labute approximate surface area is 79.4 Å². The summed E-state index contributed by atoms with van der Waals surface area (Å²) in [5, 5.41) is 10.7. The van der Waals surface area contributed by atoms with E-state index in [0.717, 1.165) is 0 Å². The molecule has 1 saturated carbocycles. The van der Waals surface area contributed by atoms with Crippen molar-refractivity contribution in [2.45, 2.75) is 31.7 Å². The van der Waals surface area contributed by atoms with Crippen molar-refractivity contribution in [2.24, 2.45) is 5.41 Å². The fraction of sp³-hybridized carbons (Fsp3) is 0.750. The molecule has 1 unspecified atom stereocenters. The van der Waals surface area contributed by atoms with E-state index in [9.17, 15) is 19.7 Å². The van der Waals surface area contributed by atoms with Crippen LogP contribution in [0.25, 0.3) is 0 Å². The summed E-state index contributed by atoms with van der Waals surface area (Å²) in [6.07, 6.45) is 1.91. The molecule has 1 spiro atoms. The van der Waals surface area contributed by atoms with Crippen molar-refractivity contribution in [3.8, 4) is 0 Å². The predicted octanol–water partition coefficient (Wildman–Crippen LogP) is 0.275. The minimum absolute atomic E-state index is 0.260. The first kappa shape index (κ1) is 9.11. The zero-order chi connectivity index (χ0) is 10.3. The summed E-state index contributed by atoms with van der Waals surface area (Å²) in [5.74, 6) is -1.44. The van der Waals surface area contributed by atoms with Gasteiger partial charge in [0.2, 0.25) is 11.5 Å². The molecule has 14 heavy (non-hydrogen) atoms. The van der Waals surface area contributed by atoms with Gasteiger partial charge in [0.05, 0.1) is 0 Å². The highest BCUT2D eigenvalue weighted by Gasteiger charge is 2.69. The minimum Gasteiger partial charge on any atom is -0.391 e. The van der Waals surface area contributed by atoms with Gasteiger partial charge in [0.15, 0.2) is 0 Å². The second-order valence-corrected chi connectivity index (χ2v) is 3.70. The molecule has 0 radical (unpaired) electrons. The fourth-order valence-corrected chi connectivity index (χ4v) is 2.22. The van der Waals surface area contributed by atoms with Crippen LogP contribution in [0.1, 0.15) is 25.7 Å². The summed E-state index contributed by atoms with van der Waals surface area (Å²) < 4.78 is 4.23. The van der Waals surface area contributed by atoms with Gasteiger partial charge in [-0.1, -0.05) is 6.42 Å². The lowest BCUT2D eigenvalue weighted by atomic mass is 9.68. The Hall–Kier alpha value is -1.46. The Bertz CT molecular complexity index is 310. The van der Waals surface area contributed by atoms with E-state index in [1.54, 1.807) is 0 Å². The molecule has 0 aromatic carbocycles. The summed E-state index contributed by atoms with van der Waals surface area (Å²) in [4.78, 5) is 32.5. The smallest absolute Gasteiger partial charge is 0.338 e. The molecular formula is C8H9NO5. The number of rotatable bonds is 1. The van der Waals surface area contributed by atoms with Crippen LogP contribution in [0, 0.1) is 15.5 Å². The molecule has 2 rings (SSSR count). The molecule has 76 valence electrons. The number of hydrogen-bond acceptors (Lipinski definition) is 5. The number of ether oxygens (including phenoxy) is 1. The van der Waals surface area contributed by atoms with Crippen LogP contribution in [0.3, 0.4) is 0 Å². The second-order valence-electron chi connectivity index (χ2n) is 3.70. The Balaban J connectivity index is 2.34. The average molecular weight is 199 g/mol. The van der Waals surface area contributed by atoms with Crippen LogP contribution in [0.4, 0.5) is 0 Å². The van der Waals surface area contributed by atoms with Crippen LogP contribution in [-0.2, 0) is 14.3 Å². The van der Waals surface area contributed by atoms with E-state index >= 15 is 0 Å². The largest absolute Gasteiger partial charge is 0.391 e. The van der Waals surface area contributed by atoms with Crippen LogP contribution in [0.5, 0.6) is 0 Å². The topological polar surface area (TPSA) is 86.5 Å². The van der Waals surface area contributed by atoms with Crippen molar-refractivity contribution in [1.29, 1.82) is 0 Å². The second kappa shape index (κ2) is 2.76. The number of hydrogen-bond donors (Lipinski definition) is 0. The molecule has 1 atom stereocenters. The predicted molar refractivity (Wildman–Crippen MR) is 42.8 cm³/mol. The molecule has 6 nitrogen and oxygen atoms in total. The lowest BCUT2D eigenvalue weighted by Gasteiger charge is -2.39. The number of nitrogens with zero attached hydrogens (tertiary/aromatic N) is 1. The van der Waals surface area contributed by atoms with Gasteiger partial charge in [-0.2, -0.15) is 0 Å². The maximum atomic E-state index is 11.2. The number of cyclic esters (lactones) is 2. The van der Waals surface area contributed by atoms with E-state index < -0.39 is 28.3 Å². The highest BCUT2D eigenvalue weighted by molar-refractivity contribution is 6.14. The van der Waals surface area contributed by atoms with Crippen LogP contribution in [0.15, 0.2) is 0 Å². The third kappa shape index (κ3) is 0.906. The normalized spacial score (nSPS) is 29.6. The number of esters is 2. The van der Waals surface area contributed by atoms with E-state index in [-0.39, 0.29) is 12.8 Å². The van der Waals surface area contributed by atoms with Crippen molar-refractivity contribution in [3.63, 3.8) is 0 Å². The Morgan fingerprint density at radius 3 is 2.43 bits per heavy atom. The summed E-state index contributed by atoms with van der Waals surface area (Å²) in [6, 6.07) is -1.08. The minimum atomic E-state index is -1.44. The summed E-state index contributed by atoms with van der Waals surface area (Å²) in [5.41, 5.74) is -1.44. The van der Waals surface area contributed by atoms with E-state index in [4.69, 9.17) is 0 Å². The highest BCUT2D eigenvalue weighted by atomic mass is 16.6. The highest BCUT2D eigenvalue weighted by Crippen LogP contribution is 2.45. The Morgan fingerprint density at radius 1 is 1.36 bits per heavy atom. The summed E-state index contributed by atoms with van der Waals surface area (Å²) >= 11 is 0. The van der Waals surface area contributed by atoms with E-state index in [1.807, 2.05) is 0 Å². The van der Waals surface area contributed by atoms with Crippen LogP contribution in [0.2, 0.25) is 0 Å². The van der Waals surface area contributed by atoms with Crippen LogP contribution >= 0.6 is 0 Å². The van der Waals surface area contributed by atoms with Crippen molar-refractivity contribution >= 4 is 11.9 Å². The molecule has 1 aliphatic heterocycles. The average Bonchev–Trinajstić information content (AvgIpc) is 2.18. The van der Waals surface area contributed by atoms with Gasteiger partial charge in [0.25, 0.3) is 0 Å².